The molecule has 0 fully saturated rings. The molecule has 1 atom stereocenters. The zero-order valence-electron chi connectivity index (χ0n) is 11.1. The molecule has 0 bridgehead atoms. The lowest BCUT2D eigenvalue weighted by molar-refractivity contribution is -0.142. The molecular weight excluding hydrogens is 233 g/mol. The molecular formula is C14H22FNO2. The van der Waals surface area contributed by atoms with Gasteiger partial charge in [0.1, 0.15) is 5.82 Å². The molecule has 18 heavy (non-hydrogen) atoms. The Morgan fingerprint density at radius 3 is 2.11 bits per heavy atom. The third kappa shape index (κ3) is 4.72. The molecule has 1 aromatic rings. The van der Waals surface area contributed by atoms with Crippen molar-refractivity contribution in [3.63, 3.8) is 0 Å². The van der Waals surface area contributed by atoms with Crippen LogP contribution in [0.5, 0.6) is 0 Å². The quantitative estimate of drug-likeness (QED) is 0.726. The molecule has 0 amide bonds. The Hall–Kier alpha value is -0.970. The SMILES string of the molecule is CCOC(C[C@@H](CN)c1ccc(F)cc1)OCC. The van der Waals surface area contributed by atoms with E-state index in [1.54, 1.807) is 12.1 Å². The van der Waals surface area contributed by atoms with Crippen molar-refractivity contribution >= 4 is 0 Å². The van der Waals surface area contributed by atoms with Gasteiger partial charge in [-0.05, 0) is 38.1 Å². The zero-order chi connectivity index (χ0) is 13.4. The van der Waals surface area contributed by atoms with E-state index in [4.69, 9.17) is 15.2 Å². The van der Waals surface area contributed by atoms with Crippen LogP contribution < -0.4 is 5.73 Å². The molecule has 2 N–H and O–H groups in total. The molecule has 0 aromatic heterocycles. The summed E-state index contributed by atoms with van der Waals surface area (Å²) in [6.45, 7) is 5.56. The predicted molar refractivity (Wildman–Crippen MR) is 69.9 cm³/mol. The van der Waals surface area contributed by atoms with Gasteiger partial charge in [-0.25, -0.2) is 4.39 Å². The Labute approximate surface area is 108 Å². The molecule has 1 aromatic carbocycles. The van der Waals surface area contributed by atoms with Gasteiger partial charge < -0.3 is 15.2 Å². The van der Waals surface area contributed by atoms with Gasteiger partial charge in [0.15, 0.2) is 6.29 Å². The van der Waals surface area contributed by atoms with Gasteiger partial charge in [-0.1, -0.05) is 12.1 Å². The van der Waals surface area contributed by atoms with Crippen molar-refractivity contribution in [3.05, 3.63) is 35.6 Å². The van der Waals surface area contributed by atoms with E-state index in [2.05, 4.69) is 0 Å². The van der Waals surface area contributed by atoms with Gasteiger partial charge in [-0.2, -0.15) is 0 Å². The number of benzene rings is 1. The van der Waals surface area contributed by atoms with Gasteiger partial charge >= 0.3 is 0 Å². The van der Waals surface area contributed by atoms with Crippen molar-refractivity contribution in [3.8, 4) is 0 Å². The fraction of sp³-hybridized carbons (Fsp3) is 0.571. The lowest BCUT2D eigenvalue weighted by Crippen LogP contribution is -2.24. The van der Waals surface area contributed by atoms with Crippen molar-refractivity contribution in [2.45, 2.75) is 32.5 Å². The highest BCUT2D eigenvalue weighted by molar-refractivity contribution is 5.20. The van der Waals surface area contributed by atoms with Crippen molar-refractivity contribution in [1.82, 2.24) is 0 Å². The third-order valence-electron chi connectivity index (χ3n) is 2.81. The van der Waals surface area contributed by atoms with Crippen molar-refractivity contribution in [2.75, 3.05) is 19.8 Å². The van der Waals surface area contributed by atoms with Crippen LogP contribution in [0, 0.1) is 5.82 Å². The normalized spacial score (nSPS) is 12.9. The molecule has 1 rings (SSSR count). The summed E-state index contributed by atoms with van der Waals surface area (Å²) in [7, 11) is 0. The molecule has 0 saturated heterocycles. The second kappa shape index (κ2) is 8.19. The average Bonchev–Trinajstić information content (AvgIpc) is 2.37. The maximum absolute atomic E-state index is 12.9. The lowest BCUT2D eigenvalue weighted by atomic mass is 9.95. The summed E-state index contributed by atoms with van der Waals surface area (Å²) in [6, 6.07) is 6.44. The summed E-state index contributed by atoms with van der Waals surface area (Å²) in [6.07, 6.45) is 0.433. The van der Waals surface area contributed by atoms with Gasteiger partial charge in [-0.3, -0.25) is 0 Å². The Bertz CT molecular complexity index is 323. The van der Waals surface area contributed by atoms with E-state index < -0.39 is 0 Å². The molecule has 0 saturated carbocycles. The summed E-state index contributed by atoms with van der Waals surface area (Å²) in [5.74, 6) is -0.116. The summed E-state index contributed by atoms with van der Waals surface area (Å²) in [4.78, 5) is 0. The van der Waals surface area contributed by atoms with Gasteiger partial charge in [0.05, 0.1) is 0 Å². The van der Waals surface area contributed by atoms with Crippen LogP contribution in [-0.2, 0) is 9.47 Å². The molecule has 102 valence electrons. The van der Waals surface area contributed by atoms with E-state index in [1.807, 2.05) is 13.8 Å². The first-order chi connectivity index (χ1) is 8.71. The van der Waals surface area contributed by atoms with E-state index >= 15 is 0 Å². The lowest BCUT2D eigenvalue weighted by Gasteiger charge is -2.22. The standard InChI is InChI=1S/C14H22FNO2/c1-3-17-14(18-4-2)9-12(10-16)11-5-7-13(15)8-6-11/h5-8,12,14H,3-4,9-10,16H2,1-2H3/t12-/m0/s1. The first-order valence-electron chi connectivity index (χ1n) is 6.39. The molecule has 0 aliphatic heterocycles. The number of hydrogen-bond donors (Lipinski definition) is 1. The van der Waals surface area contributed by atoms with Gasteiger partial charge in [-0.15, -0.1) is 0 Å². The molecule has 0 spiro atoms. The number of nitrogens with two attached hydrogens (primary N) is 1. The maximum Gasteiger partial charge on any atom is 0.158 e. The first-order valence-corrected chi connectivity index (χ1v) is 6.39. The van der Waals surface area contributed by atoms with Crippen molar-refractivity contribution < 1.29 is 13.9 Å². The molecule has 0 unspecified atom stereocenters. The van der Waals surface area contributed by atoms with Gasteiger partial charge in [0, 0.05) is 25.6 Å². The molecule has 0 radical (unpaired) electrons. The Morgan fingerprint density at radius 1 is 1.11 bits per heavy atom. The van der Waals surface area contributed by atoms with Crippen LogP contribution in [0.1, 0.15) is 31.7 Å². The number of halogens is 1. The highest BCUT2D eigenvalue weighted by atomic mass is 19.1. The Kier molecular flexibility index (Phi) is 6.86. The minimum absolute atomic E-state index is 0.119. The van der Waals surface area contributed by atoms with E-state index in [1.165, 1.54) is 12.1 Å². The van der Waals surface area contributed by atoms with E-state index in [-0.39, 0.29) is 18.0 Å². The highest BCUT2D eigenvalue weighted by Crippen LogP contribution is 2.22. The molecule has 0 aliphatic rings. The van der Waals surface area contributed by atoms with E-state index in [0.29, 0.717) is 26.2 Å². The molecule has 0 aliphatic carbocycles. The summed E-state index contributed by atoms with van der Waals surface area (Å²) < 4.78 is 23.9. The predicted octanol–water partition coefficient (Wildman–Crippen LogP) is 2.66. The summed E-state index contributed by atoms with van der Waals surface area (Å²) in [5.41, 5.74) is 6.80. The minimum Gasteiger partial charge on any atom is -0.353 e. The third-order valence-corrected chi connectivity index (χ3v) is 2.81. The van der Waals surface area contributed by atoms with Crippen LogP contribution in [-0.4, -0.2) is 26.0 Å². The van der Waals surface area contributed by atoms with Gasteiger partial charge in [0.2, 0.25) is 0 Å². The van der Waals surface area contributed by atoms with E-state index in [9.17, 15) is 4.39 Å². The smallest absolute Gasteiger partial charge is 0.158 e. The Morgan fingerprint density at radius 2 is 1.67 bits per heavy atom. The topological polar surface area (TPSA) is 44.5 Å². The second-order valence-corrected chi connectivity index (χ2v) is 4.06. The van der Waals surface area contributed by atoms with Gasteiger partial charge in [0.25, 0.3) is 0 Å². The second-order valence-electron chi connectivity index (χ2n) is 4.06. The van der Waals surface area contributed by atoms with E-state index in [0.717, 1.165) is 5.56 Å². The number of hydrogen-bond acceptors (Lipinski definition) is 3. The monoisotopic (exact) mass is 255 g/mol. The fourth-order valence-electron chi connectivity index (χ4n) is 1.89. The fourth-order valence-corrected chi connectivity index (χ4v) is 1.89. The molecule has 3 nitrogen and oxygen atoms in total. The number of rotatable bonds is 8. The molecule has 0 heterocycles. The zero-order valence-corrected chi connectivity index (χ0v) is 11.1. The summed E-state index contributed by atoms with van der Waals surface area (Å²) in [5, 5.41) is 0. The highest BCUT2D eigenvalue weighted by Gasteiger charge is 2.17. The maximum atomic E-state index is 12.9. The van der Waals surface area contributed by atoms with Crippen LogP contribution in [0.25, 0.3) is 0 Å². The Balaban J connectivity index is 2.67. The largest absolute Gasteiger partial charge is 0.353 e. The number of ether oxygens (including phenoxy) is 2. The first kappa shape index (κ1) is 15.1. The van der Waals surface area contributed by atoms with Crippen LogP contribution in [0.4, 0.5) is 4.39 Å². The minimum atomic E-state index is -0.251. The van der Waals surface area contributed by atoms with Crippen molar-refractivity contribution in [2.24, 2.45) is 5.73 Å². The van der Waals surface area contributed by atoms with Crippen LogP contribution in [0.2, 0.25) is 0 Å². The molecule has 4 heteroatoms. The van der Waals surface area contributed by atoms with Crippen LogP contribution >= 0.6 is 0 Å². The summed E-state index contributed by atoms with van der Waals surface area (Å²) >= 11 is 0. The van der Waals surface area contributed by atoms with Crippen LogP contribution in [0.3, 0.4) is 0 Å². The van der Waals surface area contributed by atoms with Crippen LogP contribution in [0.15, 0.2) is 24.3 Å². The average molecular weight is 255 g/mol. The van der Waals surface area contributed by atoms with Crippen molar-refractivity contribution in [1.29, 1.82) is 0 Å².